The van der Waals surface area contributed by atoms with E-state index >= 15 is 0 Å². The highest BCUT2D eigenvalue weighted by atomic mass is 79.9. The van der Waals surface area contributed by atoms with Crippen LogP contribution in [0.1, 0.15) is 22.7 Å². The maximum absolute atomic E-state index is 10.9. The monoisotopic (exact) mass is 296 g/mol. The quantitative estimate of drug-likeness (QED) is 0.875. The molecule has 0 unspecified atom stereocenters. The highest BCUT2D eigenvalue weighted by molar-refractivity contribution is 9.10. The predicted molar refractivity (Wildman–Crippen MR) is 64.2 cm³/mol. The predicted octanol–water partition coefficient (Wildman–Crippen LogP) is 1.93. The van der Waals surface area contributed by atoms with Crippen LogP contribution in [0.3, 0.4) is 0 Å². The number of pyridine rings is 1. The van der Waals surface area contributed by atoms with Crippen LogP contribution in [0, 0.1) is 0 Å². The Labute approximate surface area is 105 Å². The Balaban J connectivity index is 2.53. The van der Waals surface area contributed by atoms with Crippen LogP contribution in [-0.2, 0) is 11.2 Å². The van der Waals surface area contributed by atoms with Crippen molar-refractivity contribution >= 4 is 33.7 Å². The van der Waals surface area contributed by atoms with E-state index in [1.165, 1.54) is 0 Å². The van der Waals surface area contributed by atoms with E-state index in [1.807, 2.05) is 6.07 Å². The largest absolute Gasteiger partial charge is 0.481 e. The zero-order valence-electron chi connectivity index (χ0n) is 8.76. The first kappa shape index (κ1) is 11.8. The molecular formula is C11H9BrN2O3. The minimum Gasteiger partial charge on any atom is -0.481 e. The zero-order valence-corrected chi connectivity index (χ0v) is 10.3. The van der Waals surface area contributed by atoms with Gasteiger partial charge >= 0.3 is 5.97 Å². The number of aliphatic carboxylic acids is 1. The van der Waals surface area contributed by atoms with Crippen molar-refractivity contribution in [2.24, 2.45) is 0 Å². The van der Waals surface area contributed by atoms with E-state index in [1.54, 1.807) is 16.7 Å². The molecule has 0 saturated carbocycles. The molecule has 2 aromatic rings. The summed E-state index contributed by atoms with van der Waals surface area (Å²) in [7, 11) is 0. The SMILES string of the molecule is O=Cc1nc(CCC(=O)O)n2cccc(Br)c12. The fourth-order valence-electron chi connectivity index (χ4n) is 1.67. The van der Waals surface area contributed by atoms with Crippen molar-refractivity contribution < 1.29 is 14.7 Å². The molecule has 0 radical (unpaired) electrons. The number of carboxylic acids is 1. The summed E-state index contributed by atoms with van der Waals surface area (Å²) in [4.78, 5) is 25.6. The van der Waals surface area contributed by atoms with Gasteiger partial charge in [0.25, 0.3) is 0 Å². The number of hydrogen-bond acceptors (Lipinski definition) is 3. The number of rotatable bonds is 4. The van der Waals surface area contributed by atoms with Gasteiger partial charge < -0.3 is 9.51 Å². The Morgan fingerprint density at radius 2 is 2.35 bits per heavy atom. The molecule has 6 heteroatoms. The molecule has 0 aliphatic carbocycles. The van der Waals surface area contributed by atoms with E-state index in [-0.39, 0.29) is 6.42 Å². The summed E-state index contributed by atoms with van der Waals surface area (Å²) in [5, 5.41) is 8.65. The van der Waals surface area contributed by atoms with Gasteiger partial charge in [0.2, 0.25) is 0 Å². The van der Waals surface area contributed by atoms with Crippen LogP contribution < -0.4 is 0 Å². The molecule has 1 N–H and O–H groups in total. The second-order valence-corrected chi connectivity index (χ2v) is 4.35. The van der Waals surface area contributed by atoms with Crippen molar-refractivity contribution in [3.05, 3.63) is 34.3 Å². The van der Waals surface area contributed by atoms with Crippen LogP contribution in [0.5, 0.6) is 0 Å². The summed E-state index contributed by atoms with van der Waals surface area (Å²) < 4.78 is 2.49. The van der Waals surface area contributed by atoms with Crippen molar-refractivity contribution in [1.82, 2.24) is 9.38 Å². The average molecular weight is 297 g/mol. The van der Waals surface area contributed by atoms with Gasteiger partial charge in [0, 0.05) is 17.1 Å². The summed E-state index contributed by atoms with van der Waals surface area (Å²) in [5.41, 5.74) is 0.987. The van der Waals surface area contributed by atoms with Gasteiger partial charge in [0.15, 0.2) is 6.29 Å². The number of imidazole rings is 1. The Morgan fingerprint density at radius 1 is 1.59 bits per heavy atom. The van der Waals surface area contributed by atoms with Crippen LogP contribution in [0.2, 0.25) is 0 Å². The van der Waals surface area contributed by atoms with Crippen molar-refractivity contribution in [3.63, 3.8) is 0 Å². The molecule has 0 aliphatic rings. The first-order valence-electron chi connectivity index (χ1n) is 4.96. The third-order valence-electron chi connectivity index (χ3n) is 2.39. The van der Waals surface area contributed by atoms with Crippen LogP contribution in [0.4, 0.5) is 0 Å². The maximum Gasteiger partial charge on any atom is 0.303 e. The minimum absolute atomic E-state index is 0.01000. The second kappa shape index (κ2) is 4.67. The van der Waals surface area contributed by atoms with Gasteiger partial charge in [0.05, 0.1) is 11.9 Å². The van der Waals surface area contributed by atoms with Crippen molar-refractivity contribution in [2.45, 2.75) is 12.8 Å². The number of nitrogens with zero attached hydrogens (tertiary/aromatic N) is 2. The topological polar surface area (TPSA) is 71.7 Å². The molecule has 0 fully saturated rings. The lowest BCUT2D eigenvalue weighted by atomic mass is 10.3. The van der Waals surface area contributed by atoms with Crippen molar-refractivity contribution in [2.75, 3.05) is 0 Å². The van der Waals surface area contributed by atoms with Gasteiger partial charge in [0.1, 0.15) is 11.5 Å². The van der Waals surface area contributed by atoms with Crippen LogP contribution in [0.15, 0.2) is 22.8 Å². The number of carbonyl (C=O) groups is 2. The smallest absolute Gasteiger partial charge is 0.303 e. The molecule has 17 heavy (non-hydrogen) atoms. The lowest BCUT2D eigenvalue weighted by Gasteiger charge is -2.00. The molecule has 0 saturated heterocycles. The lowest BCUT2D eigenvalue weighted by molar-refractivity contribution is -0.137. The number of fused-ring (bicyclic) bond motifs is 1. The normalized spacial score (nSPS) is 10.6. The molecule has 0 aromatic carbocycles. The molecule has 0 amide bonds. The van der Waals surface area contributed by atoms with Crippen LogP contribution >= 0.6 is 15.9 Å². The molecular weight excluding hydrogens is 288 g/mol. The number of aldehydes is 1. The summed E-state index contributed by atoms with van der Waals surface area (Å²) in [5.74, 6) is -0.310. The first-order valence-corrected chi connectivity index (χ1v) is 5.75. The molecule has 0 bridgehead atoms. The fraction of sp³-hybridized carbons (Fsp3) is 0.182. The summed E-state index contributed by atoms with van der Waals surface area (Å²) in [6.45, 7) is 0. The van der Waals surface area contributed by atoms with Crippen LogP contribution in [0.25, 0.3) is 5.52 Å². The number of aromatic nitrogens is 2. The Bertz CT molecular complexity index is 592. The molecule has 0 atom stereocenters. The maximum atomic E-state index is 10.9. The van der Waals surface area contributed by atoms with E-state index in [9.17, 15) is 9.59 Å². The number of carboxylic acid groups (broad SMARTS) is 1. The fourth-order valence-corrected chi connectivity index (χ4v) is 2.21. The molecule has 2 rings (SSSR count). The summed E-state index contributed by atoms with van der Waals surface area (Å²) >= 11 is 3.35. The zero-order chi connectivity index (χ0) is 12.4. The molecule has 2 heterocycles. The number of hydrogen-bond donors (Lipinski definition) is 1. The van der Waals surface area contributed by atoms with Gasteiger partial charge in [-0.15, -0.1) is 0 Å². The lowest BCUT2D eigenvalue weighted by Crippen LogP contribution is -2.01. The van der Waals surface area contributed by atoms with E-state index < -0.39 is 5.97 Å². The van der Waals surface area contributed by atoms with Gasteiger partial charge in [-0.05, 0) is 28.1 Å². The third-order valence-corrected chi connectivity index (χ3v) is 3.03. The highest BCUT2D eigenvalue weighted by Crippen LogP contribution is 2.22. The van der Waals surface area contributed by atoms with Gasteiger partial charge in [-0.3, -0.25) is 9.59 Å². The number of aryl methyl sites for hydroxylation is 1. The van der Waals surface area contributed by atoms with Gasteiger partial charge in [-0.2, -0.15) is 0 Å². The summed E-state index contributed by atoms with van der Waals surface area (Å²) in [6, 6.07) is 3.61. The van der Waals surface area contributed by atoms with E-state index in [0.29, 0.717) is 29.7 Å². The third kappa shape index (κ3) is 2.21. The Hall–Kier alpha value is -1.69. The van der Waals surface area contributed by atoms with E-state index in [2.05, 4.69) is 20.9 Å². The van der Waals surface area contributed by atoms with E-state index in [4.69, 9.17) is 5.11 Å². The molecule has 5 nitrogen and oxygen atoms in total. The van der Waals surface area contributed by atoms with Gasteiger partial charge in [-0.1, -0.05) is 0 Å². The molecule has 2 aromatic heterocycles. The highest BCUT2D eigenvalue weighted by Gasteiger charge is 2.13. The molecule has 88 valence electrons. The standard InChI is InChI=1S/C11H9BrN2O3/c12-7-2-1-5-14-9(3-4-10(16)17)13-8(6-15)11(7)14/h1-2,5-6H,3-4H2,(H,16,17). The summed E-state index contributed by atoms with van der Waals surface area (Å²) in [6.07, 6.45) is 2.71. The Morgan fingerprint density at radius 3 is 3.00 bits per heavy atom. The first-order chi connectivity index (χ1) is 8.13. The minimum atomic E-state index is -0.885. The number of carbonyl (C=O) groups excluding carboxylic acids is 1. The van der Waals surface area contributed by atoms with Gasteiger partial charge in [-0.25, -0.2) is 4.98 Å². The molecule has 0 aliphatic heterocycles. The average Bonchev–Trinajstić information content (AvgIpc) is 2.66. The Kier molecular flexibility index (Phi) is 3.23. The van der Waals surface area contributed by atoms with E-state index in [0.717, 1.165) is 4.47 Å². The van der Waals surface area contributed by atoms with Crippen molar-refractivity contribution in [3.8, 4) is 0 Å². The number of halogens is 1. The second-order valence-electron chi connectivity index (χ2n) is 3.50. The van der Waals surface area contributed by atoms with Crippen molar-refractivity contribution in [1.29, 1.82) is 0 Å². The molecule has 0 spiro atoms. The van der Waals surface area contributed by atoms with Crippen LogP contribution in [-0.4, -0.2) is 26.7 Å².